The highest BCUT2D eigenvalue weighted by molar-refractivity contribution is 5.78. The lowest BCUT2D eigenvalue weighted by Gasteiger charge is -2.39. The predicted octanol–water partition coefficient (Wildman–Crippen LogP) is 4.74. The molecule has 1 saturated heterocycles. The summed E-state index contributed by atoms with van der Waals surface area (Å²) in [6, 6.07) is 19.7. The molecule has 7 heteroatoms. The number of benzene rings is 2. The third-order valence-corrected chi connectivity index (χ3v) is 7.00. The zero-order chi connectivity index (χ0) is 26.2. The summed E-state index contributed by atoms with van der Waals surface area (Å²) in [5, 5.41) is 0. The molecule has 0 bridgehead atoms. The smallest absolute Gasteiger partial charge is 0.224 e. The third-order valence-electron chi connectivity index (χ3n) is 7.00. The van der Waals surface area contributed by atoms with Gasteiger partial charge in [0.1, 0.15) is 17.7 Å². The van der Waals surface area contributed by atoms with Crippen LogP contribution in [-0.4, -0.2) is 57.4 Å². The number of likely N-dealkylation sites (tertiary alicyclic amines) is 1. The van der Waals surface area contributed by atoms with Crippen molar-refractivity contribution in [1.82, 2.24) is 19.4 Å². The van der Waals surface area contributed by atoms with Crippen LogP contribution in [0.15, 0.2) is 73.1 Å². The van der Waals surface area contributed by atoms with Crippen LogP contribution in [0.1, 0.15) is 50.4 Å². The monoisotopic (exact) mass is 502 g/mol. The third kappa shape index (κ3) is 7.21. The number of para-hydroxylation sites is 1. The molecule has 2 amide bonds. The Morgan fingerprint density at radius 1 is 1.08 bits per heavy atom. The molecular weight excluding hydrogens is 464 g/mol. The number of amides is 2. The van der Waals surface area contributed by atoms with E-state index in [1.165, 1.54) is 0 Å². The van der Waals surface area contributed by atoms with Gasteiger partial charge in [0.2, 0.25) is 11.8 Å². The number of hydrogen-bond acceptors (Lipinski definition) is 4. The first-order valence-electron chi connectivity index (χ1n) is 13.2. The van der Waals surface area contributed by atoms with E-state index in [2.05, 4.69) is 23.4 Å². The Bertz CT molecular complexity index is 1150. The zero-order valence-corrected chi connectivity index (χ0v) is 22.1. The molecule has 37 heavy (non-hydrogen) atoms. The summed E-state index contributed by atoms with van der Waals surface area (Å²) < 4.78 is 8.40. The molecule has 0 unspecified atom stereocenters. The number of aryl methyl sites for hydroxylation is 1. The van der Waals surface area contributed by atoms with E-state index in [0.29, 0.717) is 51.4 Å². The van der Waals surface area contributed by atoms with Crippen LogP contribution in [0.4, 0.5) is 0 Å². The molecule has 1 aliphatic heterocycles. The van der Waals surface area contributed by atoms with E-state index < -0.39 is 0 Å². The highest BCUT2D eigenvalue weighted by atomic mass is 16.5. The summed E-state index contributed by atoms with van der Waals surface area (Å²) in [5.41, 5.74) is 1.09. The fourth-order valence-electron chi connectivity index (χ4n) is 4.97. The summed E-state index contributed by atoms with van der Waals surface area (Å²) in [7, 11) is 1.84. The lowest BCUT2D eigenvalue weighted by atomic mass is 9.90. The second-order valence-corrected chi connectivity index (χ2v) is 10.2. The largest absolute Gasteiger partial charge is 0.490 e. The van der Waals surface area contributed by atoms with Crippen molar-refractivity contribution in [3.8, 4) is 5.75 Å². The van der Waals surface area contributed by atoms with Crippen molar-refractivity contribution in [2.75, 3.05) is 20.1 Å². The fourth-order valence-corrected chi connectivity index (χ4v) is 4.97. The second-order valence-electron chi connectivity index (χ2n) is 10.2. The van der Waals surface area contributed by atoms with Crippen molar-refractivity contribution in [1.29, 1.82) is 0 Å². The Hall–Kier alpha value is -3.61. The van der Waals surface area contributed by atoms with Crippen molar-refractivity contribution in [2.45, 2.75) is 58.2 Å². The Morgan fingerprint density at radius 3 is 2.49 bits per heavy atom. The SMILES string of the molecule is CC(C)c1nccn1CCC(=O)N1CC[C@H](Oc2ccccc2)[C@@H](CC(=O)N(C)Cc2ccccc2)C1. The summed E-state index contributed by atoms with van der Waals surface area (Å²) in [4.78, 5) is 34.5. The minimum absolute atomic E-state index is 0.0600. The molecule has 2 atom stereocenters. The number of carbonyl (C=O) groups excluding carboxylic acids is 2. The second kappa shape index (κ2) is 12.6. The van der Waals surface area contributed by atoms with E-state index in [1.807, 2.05) is 78.8 Å². The van der Waals surface area contributed by atoms with Gasteiger partial charge in [0, 0.05) is 76.7 Å². The summed E-state index contributed by atoms with van der Waals surface area (Å²) >= 11 is 0. The molecule has 7 nitrogen and oxygen atoms in total. The number of aromatic nitrogens is 2. The predicted molar refractivity (Wildman–Crippen MR) is 144 cm³/mol. The lowest BCUT2D eigenvalue weighted by molar-refractivity contribution is -0.139. The molecular formula is C30H38N4O3. The van der Waals surface area contributed by atoms with E-state index in [1.54, 1.807) is 11.1 Å². The maximum atomic E-state index is 13.2. The first-order valence-corrected chi connectivity index (χ1v) is 13.2. The van der Waals surface area contributed by atoms with Gasteiger partial charge >= 0.3 is 0 Å². The minimum Gasteiger partial charge on any atom is -0.490 e. The molecule has 196 valence electrons. The minimum atomic E-state index is -0.123. The first-order chi connectivity index (χ1) is 17.9. The molecule has 0 aliphatic carbocycles. The molecule has 0 spiro atoms. The zero-order valence-electron chi connectivity index (χ0n) is 22.1. The molecule has 1 aliphatic rings. The van der Waals surface area contributed by atoms with Crippen LogP contribution in [0.3, 0.4) is 0 Å². The quantitative estimate of drug-likeness (QED) is 0.402. The number of piperidine rings is 1. The molecule has 3 aromatic rings. The standard InChI is InChI=1S/C30H38N4O3/c1-23(2)30-31-16-19-33(30)18-15-28(35)34-17-14-27(37-26-12-8-5-9-13-26)25(22-34)20-29(36)32(3)21-24-10-6-4-7-11-24/h4-13,16,19,23,25,27H,14-15,17-18,20-22H2,1-3H3/t25-,27-/m0/s1. The van der Waals surface area contributed by atoms with E-state index in [9.17, 15) is 9.59 Å². The molecule has 1 fully saturated rings. The first kappa shape index (κ1) is 26.5. The van der Waals surface area contributed by atoms with Gasteiger partial charge < -0.3 is 19.1 Å². The van der Waals surface area contributed by atoms with E-state index >= 15 is 0 Å². The highest BCUT2D eigenvalue weighted by Gasteiger charge is 2.35. The van der Waals surface area contributed by atoms with Gasteiger partial charge in [0.05, 0.1) is 0 Å². The van der Waals surface area contributed by atoms with Gasteiger partial charge in [-0.15, -0.1) is 0 Å². The Balaban J connectivity index is 1.41. The van der Waals surface area contributed by atoms with Crippen LogP contribution in [0, 0.1) is 5.92 Å². The number of nitrogens with zero attached hydrogens (tertiary/aromatic N) is 4. The number of hydrogen-bond donors (Lipinski definition) is 0. The number of carbonyl (C=O) groups is 2. The van der Waals surface area contributed by atoms with Crippen molar-refractivity contribution >= 4 is 11.8 Å². The van der Waals surface area contributed by atoms with Gasteiger partial charge in [-0.2, -0.15) is 0 Å². The normalized spacial score (nSPS) is 17.6. The molecule has 0 radical (unpaired) electrons. The molecule has 1 aromatic heterocycles. The summed E-state index contributed by atoms with van der Waals surface area (Å²) in [5.74, 6) is 2.18. The van der Waals surface area contributed by atoms with Crippen molar-refractivity contribution in [3.63, 3.8) is 0 Å². The van der Waals surface area contributed by atoms with E-state index in [4.69, 9.17) is 4.74 Å². The van der Waals surface area contributed by atoms with E-state index in [-0.39, 0.29) is 23.8 Å². The average Bonchev–Trinajstić information content (AvgIpc) is 3.38. The Labute approximate surface area is 220 Å². The highest BCUT2D eigenvalue weighted by Crippen LogP contribution is 2.27. The maximum Gasteiger partial charge on any atom is 0.224 e. The van der Waals surface area contributed by atoms with Crippen LogP contribution in [0.5, 0.6) is 5.75 Å². The molecule has 2 aromatic carbocycles. The lowest BCUT2D eigenvalue weighted by Crippen LogP contribution is -2.49. The number of rotatable bonds is 10. The maximum absolute atomic E-state index is 13.2. The summed E-state index contributed by atoms with van der Waals surface area (Å²) in [6.07, 6.45) is 5.05. The van der Waals surface area contributed by atoms with Crippen molar-refractivity contribution in [2.24, 2.45) is 5.92 Å². The van der Waals surface area contributed by atoms with Gasteiger partial charge in [0.25, 0.3) is 0 Å². The average molecular weight is 503 g/mol. The Kier molecular flexibility index (Phi) is 8.99. The fraction of sp³-hybridized carbons (Fsp3) is 0.433. The van der Waals surface area contributed by atoms with Gasteiger partial charge in [-0.05, 0) is 17.7 Å². The topological polar surface area (TPSA) is 67.7 Å². The van der Waals surface area contributed by atoms with Crippen LogP contribution in [-0.2, 0) is 22.7 Å². The van der Waals surface area contributed by atoms with Gasteiger partial charge in [-0.25, -0.2) is 4.98 Å². The number of ether oxygens (including phenoxy) is 1. The van der Waals surface area contributed by atoms with Gasteiger partial charge in [-0.3, -0.25) is 9.59 Å². The molecule has 0 saturated carbocycles. The number of imidazole rings is 1. The molecule has 4 rings (SSSR count). The Morgan fingerprint density at radius 2 is 1.78 bits per heavy atom. The van der Waals surface area contributed by atoms with Gasteiger partial charge in [0.15, 0.2) is 0 Å². The summed E-state index contributed by atoms with van der Waals surface area (Å²) in [6.45, 7) is 6.52. The van der Waals surface area contributed by atoms with Crippen LogP contribution >= 0.6 is 0 Å². The van der Waals surface area contributed by atoms with Crippen molar-refractivity contribution in [3.05, 3.63) is 84.4 Å². The van der Waals surface area contributed by atoms with Crippen molar-refractivity contribution < 1.29 is 14.3 Å². The van der Waals surface area contributed by atoms with Gasteiger partial charge in [-0.1, -0.05) is 62.4 Å². The van der Waals surface area contributed by atoms with Crippen LogP contribution < -0.4 is 4.74 Å². The van der Waals surface area contributed by atoms with Crippen LogP contribution in [0.25, 0.3) is 0 Å². The van der Waals surface area contributed by atoms with E-state index in [0.717, 1.165) is 17.1 Å². The molecule has 0 N–H and O–H groups in total. The molecule has 2 heterocycles. The van der Waals surface area contributed by atoms with Crippen LogP contribution in [0.2, 0.25) is 0 Å².